The molecule has 80 valence electrons. The first-order valence-corrected chi connectivity index (χ1v) is 6.77. The minimum absolute atomic E-state index is 0.727. The molecule has 1 aromatic carbocycles. The van der Waals surface area contributed by atoms with Gasteiger partial charge in [-0.2, -0.15) is 0 Å². The summed E-state index contributed by atoms with van der Waals surface area (Å²) in [6.07, 6.45) is 2.02. The van der Waals surface area contributed by atoms with Crippen molar-refractivity contribution in [3.63, 3.8) is 0 Å². The van der Waals surface area contributed by atoms with Crippen LogP contribution in [0.3, 0.4) is 0 Å². The molecule has 0 radical (unpaired) electrons. The highest BCUT2D eigenvalue weighted by molar-refractivity contribution is 9.11. The van der Waals surface area contributed by atoms with Gasteiger partial charge >= 0.3 is 0 Å². The first kappa shape index (κ1) is 11.4. The number of fused-ring (bicyclic) bond motifs is 1. The summed E-state index contributed by atoms with van der Waals surface area (Å²) in [5, 5.41) is 2.05. The topological polar surface area (TPSA) is 26.0 Å². The summed E-state index contributed by atoms with van der Waals surface area (Å²) in [4.78, 5) is 0. The average Bonchev–Trinajstić information content (AvgIpc) is 2.51. The van der Waals surface area contributed by atoms with Gasteiger partial charge in [0.15, 0.2) is 0 Å². The Kier molecular flexibility index (Phi) is 3.67. The van der Waals surface area contributed by atoms with Gasteiger partial charge in [0.05, 0.1) is 3.79 Å². The standard InChI is InChI=1S/C11H11BrClNS/c12-11-8(2-1-5-14)9-6-7(13)3-4-10(9)15-11/h3-4,6H,1-2,5,14H2. The minimum Gasteiger partial charge on any atom is -0.330 e. The van der Waals surface area contributed by atoms with Crippen LogP contribution in [0, 0.1) is 0 Å². The van der Waals surface area contributed by atoms with Crippen molar-refractivity contribution in [2.45, 2.75) is 12.8 Å². The van der Waals surface area contributed by atoms with Gasteiger partial charge in [-0.05, 0) is 64.5 Å². The van der Waals surface area contributed by atoms with E-state index >= 15 is 0 Å². The average molecular weight is 305 g/mol. The molecule has 0 aliphatic carbocycles. The maximum atomic E-state index is 6.00. The zero-order valence-electron chi connectivity index (χ0n) is 8.09. The Hall–Kier alpha value is -0.0900. The van der Waals surface area contributed by atoms with Crippen LogP contribution in [0.5, 0.6) is 0 Å². The van der Waals surface area contributed by atoms with E-state index in [2.05, 4.69) is 22.0 Å². The van der Waals surface area contributed by atoms with E-state index in [-0.39, 0.29) is 0 Å². The van der Waals surface area contributed by atoms with Gasteiger partial charge in [0.2, 0.25) is 0 Å². The van der Waals surface area contributed by atoms with Crippen LogP contribution in [0.15, 0.2) is 22.0 Å². The van der Waals surface area contributed by atoms with E-state index in [0.29, 0.717) is 0 Å². The molecule has 2 rings (SSSR count). The van der Waals surface area contributed by atoms with Gasteiger partial charge in [0, 0.05) is 9.72 Å². The maximum Gasteiger partial charge on any atom is 0.0743 e. The number of hydrogen-bond donors (Lipinski definition) is 1. The highest BCUT2D eigenvalue weighted by Crippen LogP contribution is 2.37. The van der Waals surface area contributed by atoms with Crippen LogP contribution in [0.2, 0.25) is 5.02 Å². The van der Waals surface area contributed by atoms with Gasteiger partial charge < -0.3 is 5.73 Å². The molecule has 1 nitrogen and oxygen atoms in total. The molecule has 0 saturated heterocycles. The Bertz CT molecular complexity index is 481. The van der Waals surface area contributed by atoms with Crippen LogP contribution in [0.25, 0.3) is 10.1 Å². The Morgan fingerprint density at radius 2 is 2.20 bits per heavy atom. The molecule has 2 aromatic rings. The van der Waals surface area contributed by atoms with Crippen molar-refractivity contribution in [3.05, 3.63) is 32.6 Å². The molecule has 2 N–H and O–H groups in total. The molecule has 0 fully saturated rings. The first-order chi connectivity index (χ1) is 7.22. The zero-order chi connectivity index (χ0) is 10.8. The second kappa shape index (κ2) is 4.83. The SMILES string of the molecule is NCCCc1c(Br)sc2ccc(Cl)cc12. The Morgan fingerprint density at radius 3 is 2.93 bits per heavy atom. The summed E-state index contributed by atoms with van der Waals surface area (Å²) in [7, 11) is 0. The van der Waals surface area contributed by atoms with Crippen LogP contribution in [0.4, 0.5) is 0 Å². The summed E-state index contributed by atoms with van der Waals surface area (Å²) in [5.41, 5.74) is 6.87. The molecule has 0 aliphatic rings. The lowest BCUT2D eigenvalue weighted by Gasteiger charge is -1.99. The fourth-order valence-corrected chi connectivity index (χ4v) is 3.67. The third-order valence-corrected chi connectivity index (χ3v) is 4.54. The van der Waals surface area contributed by atoms with Crippen LogP contribution >= 0.6 is 38.9 Å². The van der Waals surface area contributed by atoms with Crippen molar-refractivity contribution in [3.8, 4) is 0 Å². The number of rotatable bonds is 3. The molecule has 0 amide bonds. The van der Waals surface area contributed by atoms with Gasteiger partial charge in [-0.3, -0.25) is 0 Å². The van der Waals surface area contributed by atoms with Crippen molar-refractivity contribution in [1.82, 2.24) is 0 Å². The van der Waals surface area contributed by atoms with Crippen molar-refractivity contribution < 1.29 is 0 Å². The summed E-state index contributed by atoms with van der Waals surface area (Å²) < 4.78 is 2.48. The summed E-state index contributed by atoms with van der Waals surface area (Å²) in [6.45, 7) is 0.727. The van der Waals surface area contributed by atoms with Crippen LogP contribution in [0.1, 0.15) is 12.0 Å². The Labute approximate surface area is 106 Å². The number of benzene rings is 1. The van der Waals surface area contributed by atoms with E-state index in [4.69, 9.17) is 17.3 Å². The van der Waals surface area contributed by atoms with E-state index in [9.17, 15) is 0 Å². The predicted octanol–water partition coefficient (Wildman–Crippen LogP) is 4.21. The van der Waals surface area contributed by atoms with Crippen molar-refractivity contribution in [1.29, 1.82) is 0 Å². The quantitative estimate of drug-likeness (QED) is 0.903. The second-order valence-corrected chi connectivity index (χ2v) is 6.19. The van der Waals surface area contributed by atoms with E-state index < -0.39 is 0 Å². The summed E-state index contributed by atoms with van der Waals surface area (Å²) in [5.74, 6) is 0. The molecule has 0 saturated carbocycles. The number of thiophene rings is 1. The molecule has 0 aliphatic heterocycles. The highest BCUT2D eigenvalue weighted by Gasteiger charge is 2.09. The zero-order valence-corrected chi connectivity index (χ0v) is 11.3. The fraction of sp³-hybridized carbons (Fsp3) is 0.273. The molecule has 1 aromatic heterocycles. The van der Waals surface area contributed by atoms with E-state index in [1.807, 2.05) is 12.1 Å². The molecular formula is C11H11BrClNS. The van der Waals surface area contributed by atoms with Crippen LogP contribution < -0.4 is 5.73 Å². The van der Waals surface area contributed by atoms with Crippen LogP contribution in [-0.2, 0) is 6.42 Å². The minimum atomic E-state index is 0.727. The lowest BCUT2D eigenvalue weighted by Crippen LogP contribution is -2.00. The van der Waals surface area contributed by atoms with Gasteiger partial charge in [0.25, 0.3) is 0 Å². The van der Waals surface area contributed by atoms with Gasteiger partial charge in [-0.25, -0.2) is 0 Å². The largest absolute Gasteiger partial charge is 0.330 e. The third kappa shape index (κ3) is 2.36. The van der Waals surface area contributed by atoms with E-state index in [0.717, 1.165) is 24.4 Å². The Morgan fingerprint density at radius 1 is 1.40 bits per heavy atom. The summed E-state index contributed by atoms with van der Waals surface area (Å²) in [6, 6.07) is 6.03. The van der Waals surface area contributed by atoms with Gasteiger partial charge in [-0.1, -0.05) is 11.6 Å². The third-order valence-electron chi connectivity index (χ3n) is 2.33. The lowest BCUT2D eigenvalue weighted by atomic mass is 10.1. The molecule has 0 bridgehead atoms. The van der Waals surface area contributed by atoms with Crippen molar-refractivity contribution in [2.75, 3.05) is 6.54 Å². The molecule has 0 atom stereocenters. The monoisotopic (exact) mass is 303 g/mol. The van der Waals surface area contributed by atoms with Gasteiger partial charge in [-0.15, -0.1) is 11.3 Å². The van der Waals surface area contributed by atoms with Gasteiger partial charge in [0.1, 0.15) is 0 Å². The van der Waals surface area contributed by atoms with E-state index in [1.54, 1.807) is 11.3 Å². The molecular weight excluding hydrogens is 294 g/mol. The lowest BCUT2D eigenvalue weighted by molar-refractivity contribution is 0.837. The first-order valence-electron chi connectivity index (χ1n) is 4.79. The molecule has 1 heterocycles. The molecule has 15 heavy (non-hydrogen) atoms. The van der Waals surface area contributed by atoms with Crippen molar-refractivity contribution in [2.24, 2.45) is 5.73 Å². The smallest absolute Gasteiger partial charge is 0.0743 e. The number of halogens is 2. The highest BCUT2D eigenvalue weighted by atomic mass is 79.9. The van der Waals surface area contributed by atoms with E-state index in [1.165, 1.54) is 19.4 Å². The second-order valence-electron chi connectivity index (χ2n) is 3.39. The fourth-order valence-electron chi connectivity index (χ4n) is 1.60. The number of nitrogens with two attached hydrogens (primary N) is 1. The van der Waals surface area contributed by atoms with Crippen LogP contribution in [-0.4, -0.2) is 6.54 Å². The molecule has 0 unspecified atom stereocenters. The Balaban J connectivity index is 2.50. The molecule has 4 heteroatoms. The normalized spacial score (nSPS) is 11.1. The predicted molar refractivity (Wildman–Crippen MR) is 71.9 cm³/mol. The van der Waals surface area contributed by atoms with Crippen molar-refractivity contribution >= 4 is 49.0 Å². The number of hydrogen-bond acceptors (Lipinski definition) is 2. The molecule has 0 spiro atoms. The summed E-state index contributed by atoms with van der Waals surface area (Å²) >= 11 is 11.4. The number of aryl methyl sites for hydroxylation is 1. The maximum absolute atomic E-state index is 6.00.